The Morgan fingerprint density at radius 2 is 2.00 bits per heavy atom. The summed E-state index contributed by atoms with van der Waals surface area (Å²) in [5, 5.41) is 0.209. The molecule has 2 aromatic rings. The first-order valence-corrected chi connectivity index (χ1v) is 6.90. The van der Waals surface area contributed by atoms with Crippen LogP contribution in [0.5, 0.6) is 0 Å². The monoisotopic (exact) mass is 340 g/mol. The number of anilines is 2. The molecule has 6 heteroatoms. The van der Waals surface area contributed by atoms with Crippen molar-refractivity contribution >= 4 is 39.0 Å². The standard InChI is InChI=1S/C13H14BrClN4/c1-8-11(16)12(18-13(15)17-8)19(2)7-9-5-3-4-6-10(9)14/h3-6H,7,16H2,1-2H3. The number of aromatic nitrogens is 2. The third-order valence-electron chi connectivity index (χ3n) is 2.82. The topological polar surface area (TPSA) is 55.0 Å². The maximum Gasteiger partial charge on any atom is 0.224 e. The van der Waals surface area contributed by atoms with E-state index in [1.165, 1.54) is 0 Å². The second-order valence-electron chi connectivity index (χ2n) is 4.26. The van der Waals surface area contributed by atoms with Crippen LogP contribution < -0.4 is 10.6 Å². The molecule has 4 nitrogen and oxygen atoms in total. The van der Waals surface area contributed by atoms with Gasteiger partial charge >= 0.3 is 0 Å². The summed E-state index contributed by atoms with van der Waals surface area (Å²) >= 11 is 9.41. The minimum absolute atomic E-state index is 0.209. The van der Waals surface area contributed by atoms with Crippen LogP contribution in [0.4, 0.5) is 11.5 Å². The van der Waals surface area contributed by atoms with E-state index in [1.807, 2.05) is 43.1 Å². The van der Waals surface area contributed by atoms with Crippen LogP contribution in [0, 0.1) is 6.92 Å². The molecular formula is C13H14BrClN4. The van der Waals surface area contributed by atoms with E-state index >= 15 is 0 Å². The molecule has 2 rings (SSSR count). The molecule has 0 aliphatic heterocycles. The lowest BCUT2D eigenvalue weighted by Gasteiger charge is -2.21. The number of halogens is 2. The number of rotatable bonds is 3. The van der Waals surface area contributed by atoms with Gasteiger partial charge in [-0.05, 0) is 30.2 Å². The van der Waals surface area contributed by atoms with Gasteiger partial charge in [0.25, 0.3) is 0 Å². The van der Waals surface area contributed by atoms with Gasteiger partial charge in [0.15, 0.2) is 5.82 Å². The average Bonchev–Trinajstić information content (AvgIpc) is 2.36. The van der Waals surface area contributed by atoms with E-state index in [0.29, 0.717) is 23.7 Å². The summed E-state index contributed by atoms with van der Waals surface area (Å²) in [4.78, 5) is 10.2. The van der Waals surface area contributed by atoms with Crippen LogP contribution in [0.1, 0.15) is 11.3 Å². The molecule has 19 heavy (non-hydrogen) atoms. The molecule has 0 saturated heterocycles. The van der Waals surface area contributed by atoms with E-state index in [9.17, 15) is 0 Å². The summed E-state index contributed by atoms with van der Waals surface area (Å²) in [6.45, 7) is 2.50. The first kappa shape index (κ1) is 14.1. The van der Waals surface area contributed by atoms with Gasteiger partial charge in [-0.1, -0.05) is 34.1 Å². The van der Waals surface area contributed by atoms with Gasteiger partial charge in [0, 0.05) is 18.1 Å². The van der Waals surface area contributed by atoms with Crippen molar-refractivity contribution in [1.82, 2.24) is 9.97 Å². The summed E-state index contributed by atoms with van der Waals surface area (Å²) in [6, 6.07) is 8.03. The average molecular weight is 342 g/mol. The quantitative estimate of drug-likeness (QED) is 0.869. The van der Waals surface area contributed by atoms with Gasteiger partial charge in [0.05, 0.1) is 11.4 Å². The SMILES string of the molecule is Cc1nc(Cl)nc(N(C)Cc2ccccc2Br)c1N. The molecule has 1 aromatic carbocycles. The smallest absolute Gasteiger partial charge is 0.224 e. The van der Waals surface area contributed by atoms with Crippen molar-refractivity contribution in [3.8, 4) is 0 Å². The van der Waals surface area contributed by atoms with Gasteiger partial charge in [-0.25, -0.2) is 4.98 Å². The zero-order chi connectivity index (χ0) is 14.0. The normalized spacial score (nSPS) is 10.5. The zero-order valence-corrected chi connectivity index (χ0v) is 13.0. The highest BCUT2D eigenvalue weighted by molar-refractivity contribution is 9.10. The van der Waals surface area contributed by atoms with Gasteiger partial charge in [-0.2, -0.15) is 4.98 Å². The molecule has 0 saturated carbocycles. The van der Waals surface area contributed by atoms with Crippen molar-refractivity contribution in [2.24, 2.45) is 0 Å². The predicted molar refractivity (Wildman–Crippen MR) is 82.4 cm³/mol. The Kier molecular flexibility index (Phi) is 4.27. The summed E-state index contributed by atoms with van der Waals surface area (Å²) in [6.07, 6.45) is 0. The molecule has 0 unspecified atom stereocenters. The molecule has 0 radical (unpaired) electrons. The second kappa shape index (κ2) is 5.75. The Balaban J connectivity index is 2.30. The highest BCUT2D eigenvalue weighted by Crippen LogP contribution is 2.26. The van der Waals surface area contributed by atoms with E-state index in [4.69, 9.17) is 17.3 Å². The predicted octanol–water partition coefficient (Wildman–Crippen LogP) is 3.42. The number of aryl methyl sites for hydroxylation is 1. The highest BCUT2D eigenvalue weighted by atomic mass is 79.9. The van der Waals surface area contributed by atoms with Crippen LogP contribution in [0.2, 0.25) is 5.28 Å². The fourth-order valence-electron chi connectivity index (χ4n) is 1.78. The first-order chi connectivity index (χ1) is 8.99. The van der Waals surface area contributed by atoms with Crippen LogP contribution in [0.3, 0.4) is 0 Å². The zero-order valence-electron chi connectivity index (χ0n) is 10.7. The molecule has 0 amide bonds. The number of hydrogen-bond acceptors (Lipinski definition) is 4. The Morgan fingerprint density at radius 1 is 1.32 bits per heavy atom. The van der Waals surface area contributed by atoms with Crippen LogP contribution in [-0.4, -0.2) is 17.0 Å². The van der Waals surface area contributed by atoms with Crippen molar-refractivity contribution in [2.45, 2.75) is 13.5 Å². The number of benzene rings is 1. The summed E-state index contributed by atoms with van der Waals surface area (Å²) in [5.41, 5.74) is 8.40. The highest BCUT2D eigenvalue weighted by Gasteiger charge is 2.13. The Morgan fingerprint density at radius 3 is 2.68 bits per heavy atom. The molecule has 0 aliphatic rings. The van der Waals surface area contributed by atoms with Gasteiger partial charge < -0.3 is 10.6 Å². The van der Waals surface area contributed by atoms with Crippen LogP contribution >= 0.6 is 27.5 Å². The molecule has 1 heterocycles. The van der Waals surface area contributed by atoms with Crippen LogP contribution in [-0.2, 0) is 6.54 Å². The number of hydrogen-bond donors (Lipinski definition) is 1. The van der Waals surface area contributed by atoms with Crippen molar-refractivity contribution < 1.29 is 0 Å². The Labute approximate surface area is 125 Å². The fourth-order valence-corrected chi connectivity index (χ4v) is 2.40. The number of nitrogen functional groups attached to an aromatic ring is 1. The van der Waals surface area contributed by atoms with Gasteiger partial charge in [-0.15, -0.1) is 0 Å². The summed E-state index contributed by atoms with van der Waals surface area (Å²) in [7, 11) is 1.92. The van der Waals surface area contributed by atoms with E-state index in [2.05, 4.69) is 25.9 Å². The molecule has 0 spiro atoms. The molecule has 2 N–H and O–H groups in total. The van der Waals surface area contributed by atoms with Crippen LogP contribution in [0.25, 0.3) is 0 Å². The Bertz CT molecular complexity index is 603. The first-order valence-electron chi connectivity index (χ1n) is 5.73. The van der Waals surface area contributed by atoms with Crippen molar-refractivity contribution in [3.63, 3.8) is 0 Å². The second-order valence-corrected chi connectivity index (χ2v) is 5.46. The lowest BCUT2D eigenvalue weighted by molar-refractivity contribution is 0.886. The van der Waals surface area contributed by atoms with E-state index in [-0.39, 0.29) is 5.28 Å². The van der Waals surface area contributed by atoms with Crippen molar-refractivity contribution in [2.75, 3.05) is 17.7 Å². The summed E-state index contributed by atoms with van der Waals surface area (Å²) in [5.74, 6) is 0.647. The molecule has 1 aromatic heterocycles. The molecular weight excluding hydrogens is 328 g/mol. The van der Waals surface area contributed by atoms with Gasteiger partial charge in [0.2, 0.25) is 5.28 Å². The minimum Gasteiger partial charge on any atom is -0.394 e. The maximum atomic E-state index is 6.01. The maximum absolute atomic E-state index is 6.01. The minimum atomic E-state index is 0.209. The Hall–Kier alpha value is -1.33. The van der Waals surface area contributed by atoms with E-state index in [0.717, 1.165) is 10.0 Å². The number of nitrogens with two attached hydrogens (primary N) is 1. The van der Waals surface area contributed by atoms with Gasteiger partial charge in [-0.3, -0.25) is 0 Å². The lowest BCUT2D eigenvalue weighted by Crippen LogP contribution is -2.20. The molecule has 0 aliphatic carbocycles. The van der Waals surface area contributed by atoms with E-state index < -0.39 is 0 Å². The lowest BCUT2D eigenvalue weighted by atomic mass is 10.2. The molecule has 0 atom stereocenters. The largest absolute Gasteiger partial charge is 0.394 e. The van der Waals surface area contributed by atoms with Gasteiger partial charge in [0.1, 0.15) is 0 Å². The fraction of sp³-hybridized carbons (Fsp3) is 0.231. The molecule has 100 valence electrons. The van der Waals surface area contributed by atoms with Crippen molar-refractivity contribution in [1.29, 1.82) is 0 Å². The van der Waals surface area contributed by atoms with Crippen LogP contribution in [0.15, 0.2) is 28.7 Å². The third kappa shape index (κ3) is 3.16. The molecule has 0 fully saturated rings. The van der Waals surface area contributed by atoms with Crippen molar-refractivity contribution in [3.05, 3.63) is 45.3 Å². The number of nitrogens with zero attached hydrogens (tertiary/aromatic N) is 3. The molecule has 0 bridgehead atoms. The van der Waals surface area contributed by atoms with E-state index in [1.54, 1.807) is 0 Å². The summed E-state index contributed by atoms with van der Waals surface area (Å²) < 4.78 is 1.05. The third-order valence-corrected chi connectivity index (χ3v) is 3.76.